The molecule has 0 N–H and O–H groups in total. The van der Waals surface area contributed by atoms with E-state index in [9.17, 15) is 43.9 Å². The number of hydrogen-bond acceptors (Lipinski definition) is 1. The molecule has 1 aliphatic rings. The Balaban J connectivity index is 2.48. The SMILES string of the molecule is Fc1c(F)c(F)c([Si]2(c3c(F)c(F)c(F)c(F)c3F)CCCCO2)c(F)c1F. The summed E-state index contributed by atoms with van der Waals surface area (Å²) >= 11 is 0. The zero-order valence-electron chi connectivity index (χ0n) is 13.5. The maximum Gasteiger partial charge on any atom is 0.267 e. The predicted octanol–water partition coefficient (Wildman–Crippen LogP) is 3.95. The molecule has 1 saturated heterocycles. The molecular weight excluding hydrogens is 426 g/mol. The van der Waals surface area contributed by atoms with Crippen molar-refractivity contribution in [2.45, 2.75) is 18.9 Å². The van der Waals surface area contributed by atoms with Crippen LogP contribution in [0.5, 0.6) is 0 Å². The second-order valence-corrected chi connectivity index (χ2v) is 9.47. The molecule has 12 heteroatoms. The van der Waals surface area contributed by atoms with Crippen LogP contribution in [0.4, 0.5) is 43.9 Å². The molecule has 1 heterocycles. The van der Waals surface area contributed by atoms with Gasteiger partial charge in [0.25, 0.3) is 8.32 Å². The monoisotopic (exact) mass is 434 g/mol. The summed E-state index contributed by atoms with van der Waals surface area (Å²) in [6.45, 7) is -0.439. The molecule has 0 amide bonds. The predicted molar refractivity (Wildman–Crippen MR) is 77.5 cm³/mol. The van der Waals surface area contributed by atoms with Gasteiger partial charge in [-0.1, -0.05) is 6.42 Å². The molecule has 152 valence electrons. The Bertz CT molecular complexity index is 841. The van der Waals surface area contributed by atoms with E-state index in [1.54, 1.807) is 0 Å². The molecule has 2 aromatic carbocycles. The summed E-state index contributed by atoms with van der Waals surface area (Å²) in [5.41, 5.74) is 0. The first-order valence-electron chi connectivity index (χ1n) is 7.74. The van der Waals surface area contributed by atoms with Crippen LogP contribution in [0.25, 0.3) is 0 Å². The lowest BCUT2D eigenvalue weighted by atomic mass is 10.3. The molecule has 1 nitrogen and oxygen atoms in total. The van der Waals surface area contributed by atoms with Crippen molar-refractivity contribution < 1.29 is 48.3 Å². The van der Waals surface area contributed by atoms with Gasteiger partial charge in [0.05, 0.1) is 0 Å². The van der Waals surface area contributed by atoms with Crippen molar-refractivity contribution in [3.8, 4) is 0 Å². The van der Waals surface area contributed by atoms with Crippen LogP contribution in [0, 0.1) is 58.2 Å². The Labute approximate surface area is 151 Å². The Morgan fingerprint density at radius 1 is 0.464 bits per heavy atom. The summed E-state index contributed by atoms with van der Waals surface area (Å²) in [6.07, 6.45) is 0.116. The maximum atomic E-state index is 14.4. The number of benzene rings is 2. The molecule has 0 spiro atoms. The maximum absolute atomic E-state index is 14.4. The van der Waals surface area contributed by atoms with Gasteiger partial charge in [-0.3, -0.25) is 0 Å². The standard InChI is InChI=1S/C16H8F10OSi/c17-5-7(19)11(23)15(12(24)8(5)20)28(4-2-1-3-27-28)16-13(25)9(21)6(18)10(22)14(16)26/h1-4H2. The van der Waals surface area contributed by atoms with E-state index in [2.05, 4.69) is 0 Å². The molecule has 28 heavy (non-hydrogen) atoms. The van der Waals surface area contributed by atoms with E-state index in [0.717, 1.165) is 0 Å². The first kappa shape index (κ1) is 20.6. The summed E-state index contributed by atoms with van der Waals surface area (Å²) in [5, 5.41) is -3.38. The van der Waals surface area contributed by atoms with E-state index in [-0.39, 0.29) is 12.8 Å². The fourth-order valence-electron chi connectivity index (χ4n) is 3.23. The summed E-state index contributed by atoms with van der Waals surface area (Å²) in [5.74, 6) is -24.5. The Hall–Kier alpha value is -2.08. The lowest BCUT2D eigenvalue weighted by Crippen LogP contribution is -2.67. The van der Waals surface area contributed by atoms with Crippen LogP contribution in [0.2, 0.25) is 6.04 Å². The van der Waals surface area contributed by atoms with Gasteiger partial charge in [0.1, 0.15) is 0 Å². The first-order chi connectivity index (χ1) is 13.1. The topological polar surface area (TPSA) is 9.23 Å². The lowest BCUT2D eigenvalue weighted by molar-refractivity contribution is 0.277. The van der Waals surface area contributed by atoms with Crippen molar-refractivity contribution in [3.05, 3.63) is 58.2 Å². The highest BCUT2D eigenvalue weighted by Crippen LogP contribution is 2.30. The minimum absolute atomic E-state index is 0.0643. The second-order valence-electron chi connectivity index (χ2n) is 6.02. The van der Waals surface area contributed by atoms with Crippen molar-refractivity contribution in [1.29, 1.82) is 0 Å². The molecule has 0 atom stereocenters. The normalized spacial score (nSPS) is 16.5. The van der Waals surface area contributed by atoms with Gasteiger partial charge in [0.15, 0.2) is 46.5 Å². The van der Waals surface area contributed by atoms with Crippen molar-refractivity contribution in [1.82, 2.24) is 0 Å². The molecule has 0 saturated carbocycles. The minimum Gasteiger partial charge on any atom is -0.407 e. The Morgan fingerprint density at radius 3 is 1.07 bits per heavy atom. The first-order valence-corrected chi connectivity index (χ1v) is 9.85. The highest BCUT2D eigenvalue weighted by molar-refractivity contribution is 6.97. The van der Waals surface area contributed by atoms with E-state index >= 15 is 0 Å². The van der Waals surface area contributed by atoms with Gasteiger partial charge in [-0.25, -0.2) is 43.9 Å². The number of rotatable bonds is 2. The van der Waals surface area contributed by atoms with Crippen LogP contribution < -0.4 is 10.4 Å². The summed E-state index contributed by atoms with van der Waals surface area (Å²) < 4.78 is 144. The molecular formula is C16H8F10OSi. The minimum atomic E-state index is -5.08. The third kappa shape index (κ3) is 2.72. The molecule has 0 unspecified atom stereocenters. The smallest absolute Gasteiger partial charge is 0.267 e. The molecule has 1 fully saturated rings. The van der Waals surface area contributed by atoms with Crippen molar-refractivity contribution in [2.75, 3.05) is 6.61 Å². The van der Waals surface area contributed by atoms with E-state index in [1.807, 2.05) is 0 Å². The molecule has 2 aromatic rings. The fraction of sp³-hybridized carbons (Fsp3) is 0.250. The fourth-order valence-corrected chi connectivity index (χ4v) is 7.51. The zero-order valence-corrected chi connectivity index (χ0v) is 14.5. The average Bonchev–Trinajstić information content (AvgIpc) is 2.68. The summed E-state index contributed by atoms with van der Waals surface area (Å²) in [4.78, 5) is 0. The average molecular weight is 434 g/mol. The number of hydrogen-bond donors (Lipinski definition) is 0. The van der Waals surface area contributed by atoms with Gasteiger partial charge in [-0.15, -0.1) is 0 Å². The lowest BCUT2D eigenvalue weighted by Gasteiger charge is -2.36. The van der Waals surface area contributed by atoms with Crippen molar-refractivity contribution in [3.63, 3.8) is 0 Å². The molecule has 0 bridgehead atoms. The van der Waals surface area contributed by atoms with Crippen LogP contribution in [0.1, 0.15) is 12.8 Å². The molecule has 0 aliphatic carbocycles. The van der Waals surface area contributed by atoms with E-state index in [0.29, 0.717) is 0 Å². The van der Waals surface area contributed by atoms with Gasteiger partial charge in [0.2, 0.25) is 11.6 Å². The van der Waals surface area contributed by atoms with Crippen LogP contribution in [-0.2, 0) is 4.43 Å². The molecule has 0 aromatic heterocycles. The highest BCUT2D eigenvalue weighted by Gasteiger charge is 2.52. The van der Waals surface area contributed by atoms with Gasteiger partial charge in [-0.05, 0) is 12.5 Å². The summed E-state index contributed by atoms with van der Waals surface area (Å²) in [7, 11) is -5.08. The van der Waals surface area contributed by atoms with E-state index in [1.165, 1.54) is 0 Å². The quantitative estimate of drug-likeness (QED) is 0.301. The van der Waals surface area contributed by atoms with Crippen LogP contribution in [0.3, 0.4) is 0 Å². The van der Waals surface area contributed by atoms with Crippen LogP contribution in [0.15, 0.2) is 0 Å². The Morgan fingerprint density at radius 2 is 0.786 bits per heavy atom. The van der Waals surface area contributed by atoms with Gasteiger partial charge >= 0.3 is 0 Å². The second kappa shape index (κ2) is 7.06. The van der Waals surface area contributed by atoms with E-state index in [4.69, 9.17) is 4.43 Å². The number of halogens is 10. The molecule has 3 rings (SSSR count). The largest absolute Gasteiger partial charge is 0.407 e. The van der Waals surface area contributed by atoms with Gasteiger partial charge in [-0.2, -0.15) is 0 Å². The van der Waals surface area contributed by atoms with E-state index < -0.39 is 89.5 Å². The van der Waals surface area contributed by atoms with Crippen molar-refractivity contribution >= 4 is 18.7 Å². The van der Waals surface area contributed by atoms with Crippen molar-refractivity contribution in [2.24, 2.45) is 0 Å². The zero-order chi connectivity index (χ0) is 21.0. The molecule has 1 aliphatic heterocycles. The van der Waals surface area contributed by atoms with Crippen LogP contribution >= 0.6 is 0 Å². The van der Waals surface area contributed by atoms with Gasteiger partial charge < -0.3 is 4.43 Å². The van der Waals surface area contributed by atoms with Crippen LogP contribution in [-0.4, -0.2) is 14.9 Å². The highest BCUT2D eigenvalue weighted by atomic mass is 28.4. The molecule has 0 radical (unpaired) electrons. The third-order valence-corrected chi connectivity index (χ3v) is 8.75. The summed E-state index contributed by atoms with van der Waals surface area (Å²) in [6, 6.07) is -0.663. The van der Waals surface area contributed by atoms with Gasteiger partial charge in [0, 0.05) is 17.0 Å². The third-order valence-electron chi connectivity index (χ3n) is 4.50. The Kier molecular flexibility index (Phi) is 5.21.